The van der Waals surface area contributed by atoms with Gasteiger partial charge in [-0.05, 0) is 36.7 Å². The molecule has 106 valence electrons. The second kappa shape index (κ2) is 7.36. The first kappa shape index (κ1) is 14.9. The zero-order valence-electron chi connectivity index (χ0n) is 11.4. The Balaban J connectivity index is 2.25. The van der Waals surface area contributed by atoms with Crippen LogP contribution in [0.1, 0.15) is 30.6 Å². The molecule has 4 heteroatoms. The number of hydrogen-bond donors (Lipinski definition) is 1. The molecule has 1 N–H and O–H groups in total. The summed E-state index contributed by atoms with van der Waals surface area (Å²) in [5.74, 6) is -0.381. The lowest BCUT2D eigenvalue weighted by molar-refractivity contribution is 0.520. The van der Waals surface area contributed by atoms with Gasteiger partial charge in [0.25, 0.3) is 0 Å². The summed E-state index contributed by atoms with van der Waals surface area (Å²) in [7, 11) is 0. The summed E-state index contributed by atoms with van der Waals surface area (Å²) < 4.78 is 13.6. The largest absolute Gasteiger partial charge is 0.310 e. The van der Waals surface area contributed by atoms with E-state index in [1.165, 1.54) is 6.07 Å². The summed E-state index contributed by atoms with van der Waals surface area (Å²) in [5.41, 5.74) is 1.74. The molecule has 2 aromatic rings. The van der Waals surface area contributed by atoms with Gasteiger partial charge in [-0.3, -0.25) is 4.98 Å². The number of rotatable bonds is 6. The van der Waals surface area contributed by atoms with E-state index in [1.807, 2.05) is 24.3 Å². The third kappa shape index (κ3) is 3.78. The SMILES string of the molecule is CCCNC(Cc1ccccn1)c1cccc(F)c1Cl. The van der Waals surface area contributed by atoms with Crippen LogP contribution in [0.3, 0.4) is 0 Å². The van der Waals surface area contributed by atoms with Gasteiger partial charge in [0.15, 0.2) is 0 Å². The Morgan fingerprint density at radius 3 is 2.80 bits per heavy atom. The lowest BCUT2D eigenvalue weighted by Gasteiger charge is -2.20. The van der Waals surface area contributed by atoms with Crippen LogP contribution in [0, 0.1) is 5.82 Å². The van der Waals surface area contributed by atoms with E-state index in [1.54, 1.807) is 12.3 Å². The lowest BCUT2D eigenvalue weighted by Crippen LogP contribution is -2.25. The number of aromatic nitrogens is 1. The van der Waals surface area contributed by atoms with Crippen LogP contribution in [0.25, 0.3) is 0 Å². The Morgan fingerprint density at radius 2 is 2.10 bits per heavy atom. The van der Waals surface area contributed by atoms with Crippen molar-refractivity contribution in [1.29, 1.82) is 0 Å². The standard InChI is InChI=1S/C16H18ClFN2/c1-2-9-20-15(11-12-6-3-4-10-19-12)13-7-5-8-14(18)16(13)17/h3-8,10,15,20H,2,9,11H2,1H3. The summed E-state index contributed by atoms with van der Waals surface area (Å²) in [6.07, 6.45) is 3.45. The van der Waals surface area contributed by atoms with Crippen LogP contribution in [0.5, 0.6) is 0 Å². The van der Waals surface area contributed by atoms with Crippen molar-refractivity contribution in [3.8, 4) is 0 Å². The number of nitrogens with zero attached hydrogens (tertiary/aromatic N) is 1. The fourth-order valence-electron chi connectivity index (χ4n) is 2.13. The average Bonchev–Trinajstić information content (AvgIpc) is 2.48. The summed E-state index contributed by atoms with van der Waals surface area (Å²) >= 11 is 6.10. The van der Waals surface area contributed by atoms with E-state index in [0.29, 0.717) is 6.42 Å². The highest BCUT2D eigenvalue weighted by Crippen LogP contribution is 2.27. The molecule has 0 radical (unpaired) electrons. The molecule has 0 bridgehead atoms. The van der Waals surface area contributed by atoms with Gasteiger partial charge in [-0.1, -0.05) is 36.7 Å². The number of benzene rings is 1. The highest BCUT2D eigenvalue weighted by molar-refractivity contribution is 6.31. The van der Waals surface area contributed by atoms with Gasteiger partial charge in [-0.25, -0.2) is 4.39 Å². The molecular weight excluding hydrogens is 275 g/mol. The predicted molar refractivity (Wildman–Crippen MR) is 80.4 cm³/mol. The Labute approximate surface area is 124 Å². The van der Waals surface area contributed by atoms with Crippen molar-refractivity contribution in [3.63, 3.8) is 0 Å². The molecule has 1 atom stereocenters. The smallest absolute Gasteiger partial charge is 0.142 e. The van der Waals surface area contributed by atoms with Crippen LogP contribution in [0.15, 0.2) is 42.6 Å². The van der Waals surface area contributed by atoms with Gasteiger partial charge < -0.3 is 5.32 Å². The van der Waals surface area contributed by atoms with Gasteiger partial charge in [0.2, 0.25) is 0 Å². The Kier molecular flexibility index (Phi) is 5.50. The first-order valence-electron chi connectivity index (χ1n) is 6.79. The van der Waals surface area contributed by atoms with Crippen LogP contribution in [0.4, 0.5) is 4.39 Å². The highest BCUT2D eigenvalue weighted by Gasteiger charge is 2.17. The van der Waals surface area contributed by atoms with E-state index < -0.39 is 0 Å². The first-order valence-corrected chi connectivity index (χ1v) is 7.17. The highest BCUT2D eigenvalue weighted by atomic mass is 35.5. The maximum Gasteiger partial charge on any atom is 0.142 e. The first-order chi connectivity index (χ1) is 9.72. The summed E-state index contributed by atoms with van der Waals surface area (Å²) in [6, 6.07) is 10.7. The Morgan fingerprint density at radius 1 is 1.25 bits per heavy atom. The number of nitrogens with one attached hydrogen (secondary N) is 1. The van der Waals surface area contributed by atoms with E-state index >= 15 is 0 Å². The van der Waals surface area contributed by atoms with Crippen LogP contribution >= 0.6 is 11.6 Å². The number of pyridine rings is 1. The van der Waals surface area contributed by atoms with Crippen molar-refractivity contribution in [2.24, 2.45) is 0 Å². The van der Waals surface area contributed by atoms with Crippen molar-refractivity contribution in [2.75, 3.05) is 6.54 Å². The second-order valence-electron chi connectivity index (χ2n) is 4.67. The molecule has 0 aliphatic heterocycles. The molecule has 0 amide bonds. The van der Waals surface area contributed by atoms with Crippen LogP contribution in [0.2, 0.25) is 5.02 Å². The molecule has 0 spiro atoms. The van der Waals surface area contributed by atoms with Crippen molar-refractivity contribution in [2.45, 2.75) is 25.8 Å². The van der Waals surface area contributed by atoms with Crippen molar-refractivity contribution < 1.29 is 4.39 Å². The molecule has 1 heterocycles. The third-order valence-electron chi connectivity index (χ3n) is 3.14. The zero-order valence-corrected chi connectivity index (χ0v) is 12.2. The van der Waals surface area contributed by atoms with Gasteiger partial charge >= 0.3 is 0 Å². The van der Waals surface area contributed by atoms with Gasteiger partial charge in [0.05, 0.1) is 5.02 Å². The minimum absolute atomic E-state index is 0.0342. The van der Waals surface area contributed by atoms with Gasteiger partial charge in [-0.15, -0.1) is 0 Å². The van der Waals surface area contributed by atoms with Crippen LogP contribution < -0.4 is 5.32 Å². The Hall–Kier alpha value is -1.45. The van der Waals surface area contributed by atoms with E-state index in [4.69, 9.17) is 11.6 Å². The fraction of sp³-hybridized carbons (Fsp3) is 0.312. The van der Waals surface area contributed by atoms with Crippen molar-refractivity contribution in [3.05, 3.63) is 64.7 Å². The lowest BCUT2D eigenvalue weighted by atomic mass is 10.0. The summed E-state index contributed by atoms with van der Waals surface area (Å²) in [4.78, 5) is 4.33. The summed E-state index contributed by atoms with van der Waals surface area (Å²) in [5, 5.41) is 3.60. The zero-order chi connectivity index (χ0) is 14.4. The van der Waals surface area contributed by atoms with E-state index in [2.05, 4.69) is 17.2 Å². The average molecular weight is 293 g/mol. The predicted octanol–water partition coefficient (Wildman–Crippen LogP) is 4.16. The van der Waals surface area contributed by atoms with Gasteiger partial charge in [0, 0.05) is 24.4 Å². The molecule has 1 aromatic heterocycles. The molecule has 0 saturated heterocycles. The molecule has 0 aliphatic rings. The van der Waals surface area contributed by atoms with Gasteiger partial charge in [-0.2, -0.15) is 0 Å². The van der Waals surface area contributed by atoms with Gasteiger partial charge in [0.1, 0.15) is 5.82 Å². The minimum atomic E-state index is -0.381. The quantitative estimate of drug-likeness (QED) is 0.865. The maximum atomic E-state index is 13.6. The summed E-state index contributed by atoms with van der Waals surface area (Å²) in [6.45, 7) is 2.95. The van der Waals surface area contributed by atoms with Crippen molar-refractivity contribution >= 4 is 11.6 Å². The molecule has 0 saturated carbocycles. The minimum Gasteiger partial charge on any atom is -0.310 e. The second-order valence-corrected chi connectivity index (χ2v) is 5.05. The maximum absolute atomic E-state index is 13.6. The number of hydrogen-bond acceptors (Lipinski definition) is 2. The van der Waals surface area contributed by atoms with Crippen LogP contribution in [-0.2, 0) is 6.42 Å². The molecule has 0 aliphatic carbocycles. The van der Waals surface area contributed by atoms with E-state index in [9.17, 15) is 4.39 Å². The molecule has 1 unspecified atom stereocenters. The van der Waals surface area contributed by atoms with E-state index in [0.717, 1.165) is 24.2 Å². The van der Waals surface area contributed by atoms with Crippen molar-refractivity contribution in [1.82, 2.24) is 10.3 Å². The number of halogens is 2. The van der Waals surface area contributed by atoms with Crippen LogP contribution in [-0.4, -0.2) is 11.5 Å². The van der Waals surface area contributed by atoms with E-state index in [-0.39, 0.29) is 16.9 Å². The Bertz CT molecular complexity index is 545. The topological polar surface area (TPSA) is 24.9 Å². The fourth-order valence-corrected chi connectivity index (χ4v) is 2.39. The monoisotopic (exact) mass is 292 g/mol. The molecular formula is C16H18ClFN2. The molecule has 2 nitrogen and oxygen atoms in total. The third-order valence-corrected chi connectivity index (χ3v) is 3.54. The molecule has 20 heavy (non-hydrogen) atoms. The molecule has 2 rings (SSSR count). The molecule has 0 fully saturated rings. The normalized spacial score (nSPS) is 12.3. The molecule has 1 aromatic carbocycles.